The number of aryl methyl sites for hydroxylation is 3. The van der Waals surface area contributed by atoms with Gasteiger partial charge in [-0.15, -0.1) is 0 Å². The molecule has 2 aromatic rings. The summed E-state index contributed by atoms with van der Waals surface area (Å²) in [6, 6.07) is 0. The normalized spacial score (nSPS) is 10.6. The van der Waals surface area contributed by atoms with E-state index in [1.54, 1.807) is 6.20 Å². The number of H-pyrrole nitrogens is 1. The largest absolute Gasteiger partial charge is 0.364 e. The average molecular weight is 272 g/mol. The number of nitrogens with zero attached hydrogens (tertiary/aromatic N) is 2. The first-order valence-electron chi connectivity index (χ1n) is 6.77. The first-order chi connectivity index (χ1) is 9.52. The Hall–Kier alpha value is -2.17. The van der Waals surface area contributed by atoms with E-state index in [2.05, 4.69) is 27.2 Å². The molecule has 5 heteroatoms. The van der Waals surface area contributed by atoms with Crippen molar-refractivity contribution in [1.29, 1.82) is 0 Å². The van der Waals surface area contributed by atoms with Crippen LogP contribution < -0.4 is 10.7 Å². The molecule has 0 bridgehead atoms. The molecule has 0 unspecified atom stereocenters. The summed E-state index contributed by atoms with van der Waals surface area (Å²) in [5, 5.41) is 3.29. The highest BCUT2D eigenvalue weighted by Crippen LogP contribution is 2.13. The van der Waals surface area contributed by atoms with Crippen LogP contribution in [0.5, 0.6) is 0 Å². The third-order valence-electron chi connectivity index (χ3n) is 3.41. The van der Waals surface area contributed by atoms with Gasteiger partial charge in [0.1, 0.15) is 11.6 Å². The van der Waals surface area contributed by atoms with Gasteiger partial charge in [-0.25, -0.2) is 9.97 Å². The van der Waals surface area contributed by atoms with E-state index in [-0.39, 0.29) is 5.43 Å². The molecule has 0 saturated heterocycles. The summed E-state index contributed by atoms with van der Waals surface area (Å²) in [6.45, 7) is 8.13. The molecule has 0 aromatic carbocycles. The van der Waals surface area contributed by atoms with Gasteiger partial charge in [-0.2, -0.15) is 0 Å². The zero-order chi connectivity index (χ0) is 14.7. The molecule has 0 aliphatic heterocycles. The van der Waals surface area contributed by atoms with Crippen LogP contribution in [0.1, 0.15) is 35.1 Å². The van der Waals surface area contributed by atoms with Crippen molar-refractivity contribution < 1.29 is 0 Å². The topological polar surface area (TPSA) is 70.7 Å². The van der Waals surface area contributed by atoms with Crippen LogP contribution in [0.2, 0.25) is 0 Å². The number of aromatic nitrogens is 3. The second-order valence-electron chi connectivity index (χ2n) is 4.90. The summed E-state index contributed by atoms with van der Waals surface area (Å²) in [5.74, 6) is 1.57. The number of anilines is 1. The van der Waals surface area contributed by atoms with E-state index in [1.165, 1.54) is 0 Å². The van der Waals surface area contributed by atoms with Gasteiger partial charge in [-0.3, -0.25) is 4.79 Å². The Balaban J connectivity index is 2.23. The second kappa shape index (κ2) is 5.86. The van der Waals surface area contributed by atoms with Crippen LogP contribution in [0.25, 0.3) is 0 Å². The molecule has 0 aliphatic rings. The van der Waals surface area contributed by atoms with Crippen LogP contribution in [0.4, 0.5) is 5.82 Å². The zero-order valence-electron chi connectivity index (χ0n) is 12.4. The Kier molecular flexibility index (Phi) is 4.17. The van der Waals surface area contributed by atoms with Gasteiger partial charge in [-0.1, -0.05) is 6.92 Å². The Labute approximate surface area is 118 Å². The third kappa shape index (κ3) is 2.87. The van der Waals surface area contributed by atoms with E-state index < -0.39 is 0 Å². The van der Waals surface area contributed by atoms with Crippen LogP contribution in [0.15, 0.2) is 17.2 Å². The maximum absolute atomic E-state index is 11.9. The van der Waals surface area contributed by atoms with Gasteiger partial charge in [0.05, 0.1) is 6.54 Å². The second-order valence-corrected chi connectivity index (χ2v) is 4.90. The Morgan fingerprint density at radius 1 is 1.30 bits per heavy atom. The minimum Gasteiger partial charge on any atom is -0.364 e. The maximum atomic E-state index is 11.9. The first-order valence-corrected chi connectivity index (χ1v) is 6.77. The predicted octanol–water partition coefficient (Wildman–Crippen LogP) is 2.26. The van der Waals surface area contributed by atoms with E-state index in [4.69, 9.17) is 0 Å². The Morgan fingerprint density at radius 3 is 2.75 bits per heavy atom. The summed E-state index contributed by atoms with van der Waals surface area (Å²) in [7, 11) is 0. The molecule has 0 spiro atoms. The lowest BCUT2D eigenvalue weighted by atomic mass is 10.1. The van der Waals surface area contributed by atoms with Crippen molar-refractivity contribution in [2.45, 2.75) is 40.7 Å². The number of hydrogen-bond donors (Lipinski definition) is 2. The lowest BCUT2D eigenvalue weighted by Gasteiger charge is -2.12. The Morgan fingerprint density at radius 2 is 2.05 bits per heavy atom. The molecular formula is C15H20N4O. The molecule has 2 aromatic heterocycles. The van der Waals surface area contributed by atoms with E-state index >= 15 is 0 Å². The average Bonchev–Trinajstić information content (AvgIpc) is 2.44. The van der Waals surface area contributed by atoms with Crippen molar-refractivity contribution >= 4 is 5.82 Å². The molecule has 0 fully saturated rings. The lowest BCUT2D eigenvalue weighted by Crippen LogP contribution is -2.16. The molecule has 0 radical (unpaired) electrons. The summed E-state index contributed by atoms with van der Waals surface area (Å²) < 4.78 is 0. The van der Waals surface area contributed by atoms with E-state index in [1.807, 2.05) is 27.0 Å². The van der Waals surface area contributed by atoms with E-state index in [0.29, 0.717) is 6.54 Å². The highest BCUT2D eigenvalue weighted by atomic mass is 16.1. The monoisotopic (exact) mass is 272 g/mol. The quantitative estimate of drug-likeness (QED) is 0.895. The fraction of sp³-hybridized carbons (Fsp3) is 0.400. The van der Waals surface area contributed by atoms with Crippen LogP contribution in [-0.4, -0.2) is 15.0 Å². The number of rotatable bonds is 4. The van der Waals surface area contributed by atoms with E-state index in [0.717, 1.165) is 40.4 Å². The highest BCUT2D eigenvalue weighted by molar-refractivity contribution is 5.43. The van der Waals surface area contributed by atoms with E-state index in [9.17, 15) is 4.79 Å². The molecule has 5 nitrogen and oxygen atoms in total. The van der Waals surface area contributed by atoms with Crippen LogP contribution >= 0.6 is 0 Å². The van der Waals surface area contributed by atoms with Crippen molar-refractivity contribution in [3.63, 3.8) is 0 Å². The van der Waals surface area contributed by atoms with Gasteiger partial charge >= 0.3 is 0 Å². The predicted molar refractivity (Wildman–Crippen MR) is 80.0 cm³/mol. The SMILES string of the molecule is CCc1cnc(C)nc1NCc1[nH]cc(C)c(=O)c1C. The summed E-state index contributed by atoms with van der Waals surface area (Å²) >= 11 is 0. The molecule has 0 aliphatic carbocycles. The molecule has 2 rings (SSSR count). The minimum absolute atomic E-state index is 0.0927. The number of hydrogen-bond acceptors (Lipinski definition) is 4. The van der Waals surface area contributed by atoms with Crippen molar-refractivity contribution in [2.24, 2.45) is 0 Å². The molecule has 0 amide bonds. The van der Waals surface area contributed by atoms with Gasteiger partial charge in [0, 0.05) is 34.8 Å². The summed E-state index contributed by atoms with van der Waals surface area (Å²) in [6.07, 6.45) is 4.46. The lowest BCUT2D eigenvalue weighted by molar-refractivity contribution is 0.942. The minimum atomic E-state index is 0.0927. The van der Waals surface area contributed by atoms with Crippen LogP contribution in [0, 0.1) is 20.8 Å². The number of pyridine rings is 1. The van der Waals surface area contributed by atoms with Gasteiger partial charge in [-0.05, 0) is 27.2 Å². The molecule has 20 heavy (non-hydrogen) atoms. The number of nitrogens with one attached hydrogen (secondary N) is 2. The van der Waals surface area contributed by atoms with Gasteiger partial charge in [0.25, 0.3) is 0 Å². The molecular weight excluding hydrogens is 252 g/mol. The van der Waals surface area contributed by atoms with Gasteiger partial charge in [0.15, 0.2) is 5.43 Å². The molecule has 0 saturated carbocycles. The van der Waals surface area contributed by atoms with Crippen molar-refractivity contribution in [2.75, 3.05) is 5.32 Å². The van der Waals surface area contributed by atoms with Gasteiger partial charge < -0.3 is 10.3 Å². The summed E-state index contributed by atoms with van der Waals surface area (Å²) in [5.41, 5.74) is 3.54. The fourth-order valence-corrected chi connectivity index (χ4v) is 2.06. The summed E-state index contributed by atoms with van der Waals surface area (Å²) in [4.78, 5) is 23.7. The van der Waals surface area contributed by atoms with Crippen molar-refractivity contribution in [1.82, 2.24) is 15.0 Å². The van der Waals surface area contributed by atoms with Crippen molar-refractivity contribution in [3.05, 3.63) is 50.8 Å². The third-order valence-corrected chi connectivity index (χ3v) is 3.41. The smallest absolute Gasteiger partial charge is 0.187 e. The Bertz CT molecular complexity index is 676. The standard InChI is InChI=1S/C15H20N4O/c1-5-12-7-16-11(4)19-15(12)18-8-13-10(3)14(20)9(2)6-17-13/h6-7H,5,8H2,1-4H3,(H,17,20)(H,16,18,19). The van der Waals surface area contributed by atoms with Crippen LogP contribution in [-0.2, 0) is 13.0 Å². The molecule has 0 atom stereocenters. The molecule has 2 heterocycles. The maximum Gasteiger partial charge on any atom is 0.187 e. The fourth-order valence-electron chi connectivity index (χ4n) is 2.06. The zero-order valence-corrected chi connectivity index (χ0v) is 12.4. The van der Waals surface area contributed by atoms with Crippen molar-refractivity contribution in [3.8, 4) is 0 Å². The van der Waals surface area contributed by atoms with Crippen LogP contribution in [0.3, 0.4) is 0 Å². The molecule has 106 valence electrons. The molecule has 2 N–H and O–H groups in total. The number of aromatic amines is 1. The first kappa shape index (κ1) is 14.2. The highest BCUT2D eigenvalue weighted by Gasteiger charge is 2.07. The van der Waals surface area contributed by atoms with Gasteiger partial charge in [0.2, 0.25) is 0 Å².